The van der Waals surface area contributed by atoms with Crippen LogP contribution in [0.25, 0.3) is 20.5 Å². The first-order chi connectivity index (χ1) is 13.6. The maximum atomic E-state index is 11.9. The molecule has 0 atom stereocenters. The Morgan fingerprint density at radius 3 is 2.57 bits per heavy atom. The van der Waals surface area contributed by atoms with Crippen molar-refractivity contribution in [3.05, 3.63) is 76.3 Å². The number of rotatable bonds is 6. The SMILES string of the molecule is O=C(Cc1[nH]c(=O)[nH]c1O)NCCc1ccc(-c2cc3ccccc3s2)cc1. The molecule has 0 bridgehead atoms. The Morgan fingerprint density at radius 2 is 1.86 bits per heavy atom. The lowest BCUT2D eigenvalue weighted by molar-refractivity contribution is -0.120. The number of carbonyl (C=O) groups is 1. The van der Waals surface area contributed by atoms with Gasteiger partial charge in [0.2, 0.25) is 11.8 Å². The van der Waals surface area contributed by atoms with Crippen LogP contribution in [-0.2, 0) is 17.6 Å². The lowest BCUT2D eigenvalue weighted by Gasteiger charge is -2.06. The number of benzene rings is 2. The van der Waals surface area contributed by atoms with Gasteiger partial charge in [0.15, 0.2) is 0 Å². The van der Waals surface area contributed by atoms with Crippen LogP contribution < -0.4 is 11.0 Å². The van der Waals surface area contributed by atoms with Crippen molar-refractivity contribution in [1.29, 1.82) is 0 Å². The highest BCUT2D eigenvalue weighted by atomic mass is 32.1. The Labute approximate surface area is 164 Å². The van der Waals surface area contributed by atoms with Crippen molar-refractivity contribution in [3.8, 4) is 16.3 Å². The molecule has 2 aromatic carbocycles. The number of carbonyl (C=O) groups excluding carboxylic acids is 1. The van der Waals surface area contributed by atoms with Crippen molar-refractivity contribution in [2.24, 2.45) is 0 Å². The van der Waals surface area contributed by atoms with E-state index < -0.39 is 5.69 Å². The standard InChI is InChI=1S/C21H19N3O3S/c25-19(12-16-20(26)24-21(27)23-16)22-10-9-13-5-7-14(8-6-13)18-11-15-3-1-2-4-17(15)28-18/h1-8,11,26H,9-10,12H2,(H,22,25)(H2,23,24,27). The van der Waals surface area contributed by atoms with Crippen LogP contribution >= 0.6 is 11.3 Å². The van der Waals surface area contributed by atoms with Crippen molar-refractivity contribution in [2.75, 3.05) is 6.54 Å². The number of aromatic nitrogens is 2. The van der Waals surface area contributed by atoms with E-state index in [4.69, 9.17) is 0 Å². The van der Waals surface area contributed by atoms with E-state index in [-0.39, 0.29) is 23.9 Å². The fourth-order valence-corrected chi connectivity index (χ4v) is 4.14. The van der Waals surface area contributed by atoms with Crippen LogP contribution in [0.5, 0.6) is 5.88 Å². The number of nitrogens with one attached hydrogen (secondary N) is 3. The fourth-order valence-electron chi connectivity index (χ4n) is 3.07. The Morgan fingerprint density at radius 1 is 1.07 bits per heavy atom. The maximum absolute atomic E-state index is 11.9. The Kier molecular flexibility index (Phi) is 4.99. The summed E-state index contributed by atoms with van der Waals surface area (Å²) in [6.07, 6.45) is 0.628. The third-order valence-electron chi connectivity index (χ3n) is 4.52. The van der Waals surface area contributed by atoms with Gasteiger partial charge >= 0.3 is 5.69 Å². The molecule has 2 heterocycles. The second kappa shape index (κ2) is 7.74. The Hall–Kier alpha value is -3.32. The van der Waals surface area contributed by atoms with Gasteiger partial charge < -0.3 is 15.4 Å². The first-order valence-corrected chi connectivity index (χ1v) is 9.75. The van der Waals surface area contributed by atoms with Gasteiger partial charge in [-0.05, 0) is 35.1 Å². The molecule has 0 aliphatic rings. The average molecular weight is 393 g/mol. The summed E-state index contributed by atoms with van der Waals surface area (Å²) in [5, 5.41) is 13.5. The second-order valence-corrected chi connectivity index (χ2v) is 7.61. The smallest absolute Gasteiger partial charge is 0.325 e. The number of aromatic hydroxyl groups is 1. The summed E-state index contributed by atoms with van der Waals surface area (Å²) in [5.74, 6) is -0.551. The quantitative estimate of drug-likeness (QED) is 0.405. The molecule has 2 aromatic heterocycles. The lowest BCUT2D eigenvalue weighted by atomic mass is 10.1. The second-order valence-electron chi connectivity index (χ2n) is 6.53. The summed E-state index contributed by atoms with van der Waals surface area (Å²) in [4.78, 5) is 28.8. The van der Waals surface area contributed by atoms with Gasteiger partial charge in [-0.2, -0.15) is 0 Å². The highest BCUT2D eigenvalue weighted by molar-refractivity contribution is 7.22. The molecule has 28 heavy (non-hydrogen) atoms. The molecule has 6 nitrogen and oxygen atoms in total. The minimum absolute atomic E-state index is 0.0740. The summed E-state index contributed by atoms with van der Waals surface area (Å²) >= 11 is 1.78. The van der Waals surface area contributed by atoms with Gasteiger partial charge in [-0.1, -0.05) is 42.5 Å². The fraction of sp³-hybridized carbons (Fsp3) is 0.143. The molecule has 0 saturated carbocycles. The number of hydrogen-bond acceptors (Lipinski definition) is 4. The van der Waals surface area contributed by atoms with E-state index in [2.05, 4.69) is 63.8 Å². The zero-order valence-electron chi connectivity index (χ0n) is 15.0. The van der Waals surface area contributed by atoms with Gasteiger partial charge in [0, 0.05) is 16.1 Å². The summed E-state index contributed by atoms with van der Waals surface area (Å²) in [6, 6.07) is 18.9. The van der Waals surface area contributed by atoms with Gasteiger partial charge in [0.05, 0.1) is 12.1 Å². The zero-order chi connectivity index (χ0) is 19.5. The Balaban J connectivity index is 1.32. The average Bonchev–Trinajstić information content (AvgIpc) is 3.25. The molecule has 0 radical (unpaired) electrons. The van der Waals surface area contributed by atoms with E-state index in [1.165, 1.54) is 20.5 Å². The highest BCUT2D eigenvalue weighted by Crippen LogP contribution is 2.33. The van der Waals surface area contributed by atoms with Crippen LogP contribution in [0.1, 0.15) is 11.3 Å². The van der Waals surface area contributed by atoms with Gasteiger partial charge in [-0.25, -0.2) is 4.79 Å². The summed E-state index contributed by atoms with van der Waals surface area (Å²) < 4.78 is 1.28. The molecule has 4 rings (SSSR count). The number of hydrogen-bond donors (Lipinski definition) is 4. The van der Waals surface area contributed by atoms with Gasteiger partial charge in [0.1, 0.15) is 0 Å². The molecule has 0 aliphatic heterocycles. The van der Waals surface area contributed by atoms with Crippen molar-refractivity contribution in [3.63, 3.8) is 0 Å². The molecule has 0 fully saturated rings. The normalized spacial score (nSPS) is 11.0. The molecule has 0 saturated heterocycles. The largest absolute Gasteiger partial charge is 0.493 e. The van der Waals surface area contributed by atoms with Crippen LogP contribution in [0.3, 0.4) is 0 Å². The molecule has 0 aliphatic carbocycles. The zero-order valence-corrected chi connectivity index (χ0v) is 15.8. The van der Waals surface area contributed by atoms with E-state index in [1.54, 1.807) is 11.3 Å². The molecule has 4 N–H and O–H groups in total. The number of amides is 1. The van der Waals surface area contributed by atoms with E-state index >= 15 is 0 Å². The van der Waals surface area contributed by atoms with Gasteiger partial charge in [-0.3, -0.25) is 9.78 Å². The number of H-pyrrole nitrogens is 2. The molecular weight excluding hydrogens is 374 g/mol. The Bertz CT molecular complexity index is 1140. The van der Waals surface area contributed by atoms with Gasteiger partial charge in [-0.15, -0.1) is 11.3 Å². The third kappa shape index (κ3) is 3.99. The number of thiophene rings is 1. The highest BCUT2D eigenvalue weighted by Gasteiger charge is 2.10. The molecule has 4 aromatic rings. The number of fused-ring (bicyclic) bond motifs is 1. The molecule has 142 valence electrons. The van der Waals surface area contributed by atoms with E-state index in [0.29, 0.717) is 13.0 Å². The summed E-state index contributed by atoms with van der Waals surface area (Å²) in [5.41, 5.74) is 1.97. The van der Waals surface area contributed by atoms with E-state index in [9.17, 15) is 14.7 Å². The molecule has 0 unspecified atom stereocenters. The van der Waals surface area contributed by atoms with E-state index in [0.717, 1.165) is 5.56 Å². The number of aromatic amines is 2. The minimum atomic E-state index is -0.529. The van der Waals surface area contributed by atoms with Crippen LogP contribution in [-0.4, -0.2) is 27.5 Å². The van der Waals surface area contributed by atoms with Crippen LogP contribution in [0.2, 0.25) is 0 Å². The topological polar surface area (TPSA) is 98.0 Å². The molecule has 0 spiro atoms. The minimum Gasteiger partial charge on any atom is -0.493 e. The predicted molar refractivity (Wildman–Crippen MR) is 111 cm³/mol. The number of imidazole rings is 1. The summed E-state index contributed by atoms with van der Waals surface area (Å²) in [7, 11) is 0. The maximum Gasteiger partial charge on any atom is 0.325 e. The van der Waals surface area contributed by atoms with Gasteiger partial charge in [0.25, 0.3) is 0 Å². The van der Waals surface area contributed by atoms with Crippen LogP contribution in [0, 0.1) is 0 Å². The summed E-state index contributed by atoms with van der Waals surface area (Å²) in [6.45, 7) is 0.483. The lowest BCUT2D eigenvalue weighted by Crippen LogP contribution is -2.27. The first-order valence-electron chi connectivity index (χ1n) is 8.93. The van der Waals surface area contributed by atoms with E-state index in [1.807, 2.05) is 6.07 Å². The molecular formula is C21H19N3O3S. The first kappa shape index (κ1) is 18.1. The van der Waals surface area contributed by atoms with Crippen molar-refractivity contribution in [2.45, 2.75) is 12.8 Å². The molecule has 1 amide bonds. The monoisotopic (exact) mass is 393 g/mol. The molecule has 7 heteroatoms. The predicted octanol–water partition coefficient (Wildman–Crippen LogP) is 3.19. The van der Waals surface area contributed by atoms with Crippen molar-refractivity contribution in [1.82, 2.24) is 15.3 Å². The van der Waals surface area contributed by atoms with Crippen LogP contribution in [0.4, 0.5) is 0 Å². The third-order valence-corrected chi connectivity index (χ3v) is 5.68. The van der Waals surface area contributed by atoms with Crippen LogP contribution in [0.15, 0.2) is 59.4 Å². The van der Waals surface area contributed by atoms with Crippen molar-refractivity contribution >= 4 is 27.3 Å². The van der Waals surface area contributed by atoms with Crippen molar-refractivity contribution < 1.29 is 9.90 Å².